The first-order valence-electron chi connectivity index (χ1n) is 7.30. The fourth-order valence-corrected chi connectivity index (χ4v) is 3.66. The van der Waals surface area contributed by atoms with Crippen LogP contribution in [0.4, 0.5) is 0 Å². The summed E-state index contributed by atoms with van der Waals surface area (Å²) in [6, 6.07) is 6.25. The molecule has 1 aromatic carbocycles. The summed E-state index contributed by atoms with van der Waals surface area (Å²) < 4.78 is 23.0. The molecule has 21 heavy (non-hydrogen) atoms. The van der Waals surface area contributed by atoms with Crippen LogP contribution in [0.3, 0.4) is 0 Å². The minimum Gasteiger partial charge on any atom is -0.341 e. The number of benzene rings is 1. The highest BCUT2D eigenvalue weighted by Gasteiger charge is 2.32. The fourth-order valence-electron chi connectivity index (χ4n) is 2.67. The first-order chi connectivity index (χ1) is 9.77. The van der Waals surface area contributed by atoms with E-state index in [0.717, 1.165) is 5.56 Å². The van der Waals surface area contributed by atoms with Gasteiger partial charge in [-0.2, -0.15) is 0 Å². The van der Waals surface area contributed by atoms with Gasteiger partial charge >= 0.3 is 0 Å². The molecular weight excluding hydrogens is 286 g/mol. The Hall–Kier alpha value is -1.36. The largest absolute Gasteiger partial charge is 0.341 e. The number of hydrogen-bond acceptors (Lipinski definition) is 3. The highest BCUT2D eigenvalue weighted by molar-refractivity contribution is 7.91. The number of carbonyl (C=O) groups excluding carboxylic acids is 1. The summed E-state index contributed by atoms with van der Waals surface area (Å²) in [5.41, 5.74) is 3.64. The maximum absolute atomic E-state index is 12.2. The van der Waals surface area contributed by atoms with Crippen LogP contribution in [0.15, 0.2) is 18.2 Å². The molecule has 1 aliphatic heterocycles. The van der Waals surface area contributed by atoms with E-state index < -0.39 is 9.84 Å². The van der Waals surface area contributed by atoms with Gasteiger partial charge in [0.2, 0.25) is 5.91 Å². The van der Waals surface area contributed by atoms with Crippen LogP contribution in [-0.4, -0.2) is 43.8 Å². The van der Waals surface area contributed by atoms with Crippen molar-refractivity contribution in [2.24, 2.45) is 0 Å². The Kier molecular flexibility index (Phi) is 4.71. The zero-order valence-electron chi connectivity index (χ0n) is 12.9. The Bertz CT molecular complexity index is 637. The van der Waals surface area contributed by atoms with Crippen LogP contribution in [0.5, 0.6) is 0 Å². The second kappa shape index (κ2) is 6.18. The van der Waals surface area contributed by atoms with Gasteiger partial charge in [-0.1, -0.05) is 18.2 Å². The molecule has 1 heterocycles. The predicted molar refractivity (Wildman–Crippen MR) is 84.1 cm³/mol. The molecule has 0 saturated carbocycles. The van der Waals surface area contributed by atoms with E-state index in [-0.39, 0.29) is 11.2 Å². The van der Waals surface area contributed by atoms with Crippen LogP contribution < -0.4 is 0 Å². The number of nitrogens with zero attached hydrogens (tertiary/aromatic N) is 1. The number of aryl methyl sites for hydroxylation is 3. The lowest BCUT2D eigenvalue weighted by atomic mass is 10.0. The quantitative estimate of drug-likeness (QED) is 0.853. The molecule has 0 N–H and O–H groups in total. The van der Waals surface area contributed by atoms with Crippen molar-refractivity contribution in [1.82, 2.24) is 4.90 Å². The first-order valence-corrected chi connectivity index (χ1v) is 9.25. The molecule has 0 bridgehead atoms. The molecule has 116 valence electrons. The minimum atomic E-state index is -3.04. The second-order valence-electron chi connectivity index (χ2n) is 6.00. The zero-order chi connectivity index (χ0) is 15.6. The molecule has 1 unspecified atom stereocenters. The van der Waals surface area contributed by atoms with E-state index in [4.69, 9.17) is 0 Å². The molecule has 1 amide bonds. The van der Waals surface area contributed by atoms with Crippen molar-refractivity contribution in [2.45, 2.75) is 38.4 Å². The highest BCUT2D eigenvalue weighted by Crippen LogP contribution is 2.18. The monoisotopic (exact) mass is 309 g/mol. The molecular formula is C16H23NO3S. The van der Waals surface area contributed by atoms with Gasteiger partial charge in [-0.15, -0.1) is 0 Å². The third kappa shape index (κ3) is 4.06. The van der Waals surface area contributed by atoms with Gasteiger partial charge in [-0.25, -0.2) is 8.42 Å². The molecule has 5 heteroatoms. The van der Waals surface area contributed by atoms with Crippen molar-refractivity contribution in [1.29, 1.82) is 0 Å². The average Bonchev–Trinajstić information content (AvgIpc) is 2.89. The summed E-state index contributed by atoms with van der Waals surface area (Å²) in [4.78, 5) is 13.9. The zero-order valence-corrected chi connectivity index (χ0v) is 13.7. The summed E-state index contributed by atoms with van der Waals surface area (Å²) in [5, 5.41) is -0.386. The number of likely N-dealkylation sites (tertiary alicyclic amines) is 1. The van der Waals surface area contributed by atoms with Crippen LogP contribution in [0.1, 0.15) is 29.5 Å². The molecule has 1 fully saturated rings. The number of carbonyl (C=O) groups is 1. The van der Waals surface area contributed by atoms with E-state index in [2.05, 4.69) is 32.0 Å². The number of sulfone groups is 1. The Labute approximate surface area is 127 Å². The van der Waals surface area contributed by atoms with Gasteiger partial charge in [-0.05, 0) is 43.4 Å². The predicted octanol–water partition coefficient (Wildman–Crippen LogP) is 1.88. The highest BCUT2D eigenvalue weighted by atomic mass is 32.2. The van der Waals surface area contributed by atoms with Crippen molar-refractivity contribution >= 4 is 15.7 Å². The van der Waals surface area contributed by atoms with E-state index in [1.807, 2.05) is 0 Å². The minimum absolute atomic E-state index is 0.0550. The first kappa shape index (κ1) is 16.0. The summed E-state index contributed by atoms with van der Waals surface area (Å²) in [6.07, 6.45) is 2.97. The number of rotatable bonds is 4. The Morgan fingerprint density at radius 2 is 2.00 bits per heavy atom. The van der Waals surface area contributed by atoms with E-state index >= 15 is 0 Å². The van der Waals surface area contributed by atoms with Gasteiger partial charge in [-0.3, -0.25) is 4.79 Å². The van der Waals surface area contributed by atoms with E-state index in [9.17, 15) is 13.2 Å². The summed E-state index contributed by atoms with van der Waals surface area (Å²) in [7, 11) is -3.04. The van der Waals surface area contributed by atoms with Gasteiger partial charge in [0, 0.05) is 25.8 Å². The third-order valence-corrected chi connectivity index (χ3v) is 5.90. The Morgan fingerprint density at radius 1 is 1.29 bits per heavy atom. The van der Waals surface area contributed by atoms with Gasteiger partial charge in [0.25, 0.3) is 0 Å². The maximum Gasteiger partial charge on any atom is 0.222 e. The summed E-state index contributed by atoms with van der Waals surface area (Å²) in [6.45, 7) is 5.05. The van der Waals surface area contributed by atoms with Crippen molar-refractivity contribution in [3.63, 3.8) is 0 Å². The lowest BCUT2D eigenvalue weighted by Crippen LogP contribution is -2.31. The normalized spacial score (nSPS) is 19.0. The summed E-state index contributed by atoms with van der Waals surface area (Å²) >= 11 is 0. The lowest BCUT2D eigenvalue weighted by molar-refractivity contribution is -0.130. The van der Waals surface area contributed by atoms with Crippen molar-refractivity contribution in [3.8, 4) is 0 Å². The molecule has 1 aliphatic rings. The van der Waals surface area contributed by atoms with Crippen LogP contribution in [0.2, 0.25) is 0 Å². The van der Waals surface area contributed by atoms with E-state index in [0.29, 0.717) is 32.4 Å². The van der Waals surface area contributed by atoms with Crippen LogP contribution in [0.25, 0.3) is 0 Å². The van der Waals surface area contributed by atoms with Gasteiger partial charge in [0.1, 0.15) is 0 Å². The smallest absolute Gasteiger partial charge is 0.222 e. The molecule has 1 atom stereocenters. The molecule has 4 nitrogen and oxygen atoms in total. The Morgan fingerprint density at radius 3 is 2.57 bits per heavy atom. The molecule has 0 aromatic heterocycles. The molecule has 2 rings (SSSR count). The van der Waals surface area contributed by atoms with E-state index in [1.165, 1.54) is 17.4 Å². The molecule has 0 radical (unpaired) electrons. The standard InChI is InChI=1S/C16H23NO3S/c1-12-4-5-14(10-13(12)2)6-7-16(18)17-9-8-15(11-17)21(3,19)20/h4-5,10,15H,6-9,11H2,1-3H3. The van der Waals surface area contributed by atoms with Crippen LogP contribution in [-0.2, 0) is 21.1 Å². The Balaban J connectivity index is 1.89. The molecule has 0 spiro atoms. The van der Waals surface area contributed by atoms with Crippen molar-refractivity contribution < 1.29 is 13.2 Å². The van der Waals surface area contributed by atoms with Crippen molar-refractivity contribution in [2.75, 3.05) is 19.3 Å². The topological polar surface area (TPSA) is 54.5 Å². The van der Waals surface area contributed by atoms with Crippen molar-refractivity contribution in [3.05, 3.63) is 34.9 Å². The average molecular weight is 309 g/mol. The van der Waals surface area contributed by atoms with E-state index in [1.54, 1.807) is 4.90 Å². The summed E-state index contributed by atoms with van der Waals surface area (Å²) in [5.74, 6) is 0.0550. The van der Waals surface area contributed by atoms with Gasteiger partial charge in [0.05, 0.1) is 5.25 Å². The SMILES string of the molecule is Cc1ccc(CCC(=O)N2CCC(S(C)(=O)=O)C2)cc1C. The fraction of sp³-hybridized carbons (Fsp3) is 0.562. The molecule has 1 aromatic rings. The van der Waals surface area contributed by atoms with Gasteiger partial charge < -0.3 is 4.90 Å². The molecule has 1 saturated heterocycles. The van der Waals surface area contributed by atoms with Crippen LogP contribution >= 0.6 is 0 Å². The number of hydrogen-bond donors (Lipinski definition) is 0. The van der Waals surface area contributed by atoms with Crippen LogP contribution in [0, 0.1) is 13.8 Å². The third-order valence-electron chi connectivity index (χ3n) is 4.30. The molecule has 0 aliphatic carbocycles. The number of amides is 1. The lowest BCUT2D eigenvalue weighted by Gasteiger charge is -2.16. The van der Waals surface area contributed by atoms with Gasteiger partial charge in [0.15, 0.2) is 9.84 Å². The maximum atomic E-state index is 12.2. The second-order valence-corrected chi connectivity index (χ2v) is 8.32.